The number of carbonyl (C=O) groups is 2. The highest BCUT2D eigenvalue weighted by atomic mass is 32.2. The molecule has 2 atom stereocenters. The van der Waals surface area contributed by atoms with E-state index < -0.39 is 22.0 Å². The number of nitrogens with one attached hydrogen (secondary N) is 1. The van der Waals surface area contributed by atoms with Crippen molar-refractivity contribution in [2.75, 3.05) is 38.8 Å². The number of rotatable bonds is 8. The lowest BCUT2D eigenvalue weighted by Gasteiger charge is -2.38. The molecule has 41 heavy (non-hydrogen) atoms. The number of benzene rings is 3. The van der Waals surface area contributed by atoms with Crippen LogP contribution in [0.15, 0.2) is 77.7 Å². The standard InChI is InChI=1S/C30H33N3O7S/c1-38-26-15-14-23(17-27(26)39-2)41(36,37)32-16-8-11-22(19-32)30(35)33-20-28(40-25-13-7-6-12-24(25)33)29(34)31-18-21-9-4-3-5-10-21/h3-7,9-10,12-15,17,22,28H,8,11,16,18-20H2,1-2H3,(H,31,34). The van der Waals surface area contributed by atoms with Gasteiger partial charge in [0.25, 0.3) is 5.91 Å². The lowest BCUT2D eigenvalue weighted by Crippen LogP contribution is -2.53. The molecule has 10 nitrogen and oxygen atoms in total. The van der Waals surface area contributed by atoms with E-state index in [1.807, 2.05) is 30.3 Å². The summed E-state index contributed by atoms with van der Waals surface area (Å²) in [5.74, 6) is -0.00193. The largest absolute Gasteiger partial charge is 0.493 e. The van der Waals surface area contributed by atoms with Gasteiger partial charge in [-0.25, -0.2) is 8.42 Å². The van der Waals surface area contributed by atoms with Crippen LogP contribution in [0, 0.1) is 5.92 Å². The van der Waals surface area contributed by atoms with Crippen molar-refractivity contribution in [1.29, 1.82) is 0 Å². The van der Waals surface area contributed by atoms with Crippen LogP contribution in [0.25, 0.3) is 0 Å². The Morgan fingerprint density at radius 2 is 1.68 bits per heavy atom. The predicted molar refractivity (Wildman–Crippen MR) is 153 cm³/mol. The number of hydrogen-bond donors (Lipinski definition) is 1. The fourth-order valence-electron chi connectivity index (χ4n) is 5.19. The Morgan fingerprint density at radius 1 is 0.951 bits per heavy atom. The molecule has 2 aliphatic rings. The molecule has 2 amide bonds. The summed E-state index contributed by atoms with van der Waals surface area (Å²) in [6.07, 6.45) is 0.143. The third kappa shape index (κ3) is 6.01. The normalized spacial score (nSPS) is 19.0. The van der Waals surface area contributed by atoms with Crippen LogP contribution in [0.2, 0.25) is 0 Å². The summed E-state index contributed by atoms with van der Waals surface area (Å²) < 4.78 is 45.0. The molecule has 3 aromatic rings. The van der Waals surface area contributed by atoms with Gasteiger partial charge in [0.2, 0.25) is 15.9 Å². The quantitative estimate of drug-likeness (QED) is 0.436. The number of piperidine rings is 1. The van der Waals surface area contributed by atoms with E-state index in [1.54, 1.807) is 35.2 Å². The molecule has 0 aromatic heterocycles. The van der Waals surface area contributed by atoms with Gasteiger partial charge >= 0.3 is 0 Å². The van der Waals surface area contributed by atoms with Crippen LogP contribution in [0.4, 0.5) is 5.69 Å². The Balaban J connectivity index is 1.33. The number of para-hydroxylation sites is 2. The van der Waals surface area contributed by atoms with Crippen molar-refractivity contribution in [3.8, 4) is 17.2 Å². The average Bonchev–Trinajstić information content (AvgIpc) is 3.02. The van der Waals surface area contributed by atoms with Crippen molar-refractivity contribution in [3.05, 3.63) is 78.4 Å². The summed E-state index contributed by atoms with van der Waals surface area (Å²) in [4.78, 5) is 28.6. The van der Waals surface area contributed by atoms with Gasteiger partial charge in [-0.05, 0) is 42.7 Å². The van der Waals surface area contributed by atoms with Crippen molar-refractivity contribution in [2.24, 2.45) is 5.92 Å². The molecule has 5 rings (SSSR count). The second kappa shape index (κ2) is 12.2. The molecule has 0 aliphatic carbocycles. The van der Waals surface area contributed by atoms with Crippen LogP contribution in [-0.2, 0) is 26.2 Å². The van der Waals surface area contributed by atoms with E-state index in [1.165, 1.54) is 30.7 Å². The SMILES string of the molecule is COc1ccc(S(=O)(=O)N2CCCC(C(=O)N3CC(C(=O)NCc4ccccc4)Oc4ccccc43)C2)cc1OC. The van der Waals surface area contributed by atoms with E-state index in [-0.39, 0.29) is 29.8 Å². The molecule has 0 spiro atoms. The molecule has 3 aromatic carbocycles. The predicted octanol–water partition coefficient (Wildman–Crippen LogP) is 3.22. The Labute approximate surface area is 239 Å². The number of carbonyl (C=O) groups excluding carboxylic acids is 2. The lowest BCUT2D eigenvalue weighted by molar-refractivity contribution is -0.129. The highest BCUT2D eigenvalue weighted by Crippen LogP contribution is 2.36. The maximum atomic E-state index is 13.9. The molecule has 2 unspecified atom stereocenters. The summed E-state index contributed by atoms with van der Waals surface area (Å²) in [7, 11) is -0.973. The monoisotopic (exact) mass is 579 g/mol. The molecule has 0 radical (unpaired) electrons. The Hall–Kier alpha value is -4.09. The first-order valence-corrected chi connectivity index (χ1v) is 14.9. The summed E-state index contributed by atoms with van der Waals surface area (Å²) in [6.45, 7) is 0.681. The van der Waals surface area contributed by atoms with Crippen molar-refractivity contribution < 1.29 is 32.2 Å². The van der Waals surface area contributed by atoms with Crippen LogP contribution >= 0.6 is 0 Å². The molecular weight excluding hydrogens is 546 g/mol. The number of fused-ring (bicyclic) bond motifs is 1. The van der Waals surface area contributed by atoms with Gasteiger partial charge in [0.15, 0.2) is 17.6 Å². The molecule has 0 bridgehead atoms. The minimum Gasteiger partial charge on any atom is -0.493 e. The van der Waals surface area contributed by atoms with Gasteiger partial charge in [0, 0.05) is 25.7 Å². The maximum absolute atomic E-state index is 13.9. The van der Waals surface area contributed by atoms with Gasteiger partial charge in [-0.3, -0.25) is 9.59 Å². The highest BCUT2D eigenvalue weighted by molar-refractivity contribution is 7.89. The summed E-state index contributed by atoms with van der Waals surface area (Å²) >= 11 is 0. The van der Waals surface area contributed by atoms with Gasteiger partial charge in [0.05, 0.1) is 37.3 Å². The fraction of sp³-hybridized carbons (Fsp3) is 0.333. The van der Waals surface area contributed by atoms with Crippen molar-refractivity contribution in [3.63, 3.8) is 0 Å². The third-order valence-corrected chi connectivity index (χ3v) is 9.23. The molecular formula is C30H33N3O7S. The smallest absolute Gasteiger partial charge is 0.263 e. The van der Waals surface area contributed by atoms with Crippen molar-refractivity contribution in [1.82, 2.24) is 9.62 Å². The second-order valence-corrected chi connectivity index (χ2v) is 11.9. The van der Waals surface area contributed by atoms with Gasteiger partial charge in [-0.15, -0.1) is 0 Å². The third-order valence-electron chi connectivity index (χ3n) is 7.37. The Bertz CT molecular complexity index is 1510. The van der Waals surface area contributed by atoms with Crippen LogP contribution in [0.1, 0.15) is 18.4 Å². The summed E-state index contributed by atoms with van der Waals surface area (Å²) in [6, 6.07) is 21.0. The zero-order valence-electron chi connectivity index (χ0n) is 23.0. The topological polar surface area (TPSA) is 114 Å². The zero-order valence-corrected chi connectivity index (χ0v) is 23.8. The van der Waals surface area contributed by atoms with Gasteiger partial charge < -0.3 is 24.4 Å². The van der Waals surface area contributed by atoms with Crippen LogP contribution in [-0.4, -0.2) is 64.5 Å². The zero-order chi connectivity index (χ0) is 29.0. The number of nitrogens with zero attached hydrogens (tertiary/aromatic N) is 2. The van der Waals surface area contributed by atoms with E-state index in [0.29, 0.717) is 48.9 Å². The van der Waals surface area contributed by atoms with E-state index in [0.717, 1.165) is 5.56 Å². The van der Waals surface area contributed by atoms with E-state index in [2.05, 4.69) is 5.32 Å². The van der Waals surface area contributed by atoms with Crippen LogP contribution in [0.3, 0.4) is 0 Å². The van der Waals surface area contributed by atoms with Gasteiger partial charge in [-0.2, -0.15) is 4.31 Å². The van der Waals surface area contributed by atoms with Crippen molar-refractivity contribution in [2.45, 2.75) is 30.4 Å². The molecule has 1 N–H and O–H groups in total. The molecule has 1 saturated heterocycles. The number of ether oxygens (including phenoxy) is 3. The van der Waals surface area contributed by atoms with Crippen molar-refractivity contribution >= 4 is 27.5 Å². The molecule has 2 aliphatic heterocycles. The minimum atomic E-state index is -3.90. The first-order chi connectivity index (χ1) is 19.8. The van der Waals surface area contributed by atoms with E-state index >= 15 is 0 Å². The fourth-order valence-corrected chi connectivity index (χ4v) is 6.73. The number of hydrogen-bond acceptors (Lipinski definition) is 7. The maximum Gasteiger partial charge on any atom is 0.263 e. The average molecular weight is 580 g/mol. The lowest BCUT2D eigenvalue weighted by atomic mass is 9.97. The Morgan fingerprint density at radius 3 is 2.44 bits per heavy atom. The van der Waals surface area contributed by atoms with Crippen LogP contribution < -0.4 is 24.4 Å². The Kier molecular flexibility index (Phi) is 8.46. The summed E-state index contributed by atoms with van der Waals surface area (Å²) in [5.41, 5.74) is 1.51. The number of anilines is 1. The van der Waals surface area contributed by atoms with E-state index in [9.17, 15) is 18.0 Å². The molecule has 1 fully saturated rings. The number of methoxy groups -OCH3 is 2. The van der Waals surface area contributed by atoms with Crippen LogP contribution in [0.5, 0.6) is 17.2 Å². The first kappa shape index (κ1) is 28.4. The number of sulfonamides is 1. The summed E-state index contributed by atoms with van der Waals surface area (Å²) in [5, 5.41) is 2.89. The van der Waals surface area contributed by atoms with E-state index in [4.69, 9.17) is 14.2 Å². The molecule has 0 saturated carbocycles. The molecule has 11 heteroatoms. The minimum absolute atomic E-state index is 0.0232. The molecule has 216 valence electrons. The second-order valence-electron chi connectivity index (χ2n) is 9.95. The number of amides is 2. The van der Waals surface area contributed by atoms with Gasteiger partial charge in [-0.1, -0.05) is 42.5 Å². The first-order valence-electron chi connectivity index (χ1n) is 13.4. The van der Waals surface area contributed by atoms with Gasteiger partial charge in [0.1, 0.15) is 5.75 Å². The molecule has 2 heterocycles. The highest BCUT2D eigenvalue weighted by Gasteiger charge is 2.40.